The van der Waals surface area contributed by atoms with Crippen LogP contribution in [0.4, 0.5) is 11.4 Å². The average Bonchev–Trinajstić information content (AvgIpc) is 2.61. The fraction of sp³-hybridized carbons (Fsp3) is 0.235. The third-order valence-electron chi connectivity index (χ3n) is 3.91. The Kier molecular flexibility index (Phi) is 4.54. The van der Waals surface area contributed by atoms with E-state index >= 15 is 0 Å². The quantitative estimate of drug-likeness (QED) is 0.852. The van der Waals surface area contributed by atoms with Gasteiger partial charge < -0.3 is 14.8 Å². The summed E-state index contributed by atoms with van der Waals surface area (Å²) in [4.78, 5) is 11.4. The summed E-state index contributed by atoms with van der Waals surface area (Å²) in [5.74, 6) is 0.592. The predicted molar refractivity (Wildman–Crippen MR) is 93.7 cm³/mol. The highest BCUT2D eigenvalue weighted by Crippen LogP contribution is 2.31. The molecule has 1 amide bonds. The fourth-order valence-electron chi connectivity index (χ4n) is 2.65. The molecule has 0 spiro atoms. The third-order valence-corrected chi connectivity index (χ3v) is 5.32. The van der Waals surface area contributed by atoms with Crippen LogP contribution in [0, 0.1) is 0 Å². The number of aryl methyl sites for hydroxylation is 1. The summed E-state index contributed by atoms with van der Waals surface area (Å²) in [6.45, 7) is 0. The highest BCUT2D eigenvalue weighted by atomic mass is 32.2. The van der Waals surface area contributed by atoms with Gasteiger partial charge in [-0.2, -0.15) is 0 Å². The Morgan fingerprint density at radius 2 is 1.84 bits per heavy atom. The molecule has 0 atom stereocenters. The summed E-state index contributed by atoms with van der Waals surface area (Å²) in [5, 5.41) is 2.76. The SMILES string of the molecule is COc1ccc(OC)c(S(=O)(=O)Nc2ccc3c(c2)CCC(=O)N3)c1. The Balaban J connectivity index is 1.93. The zero-order chi connectivity index (χ0) is 18.0. The molecule has 1 aliphatic heterocycles. The van der Waals surface area contributed by atoms with Crippen LogP contribution in [0.25, 0.3) is 0 Å². The van der Waals surface area contributed by atoms with Crippen molar-refractivity contribution in [1.82, 2.24) is 0 Å². The second-order valence-electron chi connectivity index (χ2n) is 5.54. The lowest BCUT2D eigenvalue weighted by Gasteiger charge is -2.18. The van der Waals surface area contributed by atoms with E-state index in [1.54, 1.807) is 24.3 Å². The van der Waals surface area contributed by atoms with Gasteiger partial charge in [-0.05, 0) is 42.3 Å². The lowest BCUT2D eigenvalue weighted by atomic mass is 10.0. The van der Waals surface area contributed by atoms with Gasteiger partial charge in [-0.15, -0.1) is 0 Å². The Morgan fingerprint density at radius 1 is 1.04 bits per heavy atom. The summed E-state index contributed by atoms with van der Waals surface area (Å²) < 4.78 is 38.3. The molecule has 2 N–H and O–H groups in total. The average molecular weight is 362 g/mol. The maximum absolute atomic E-state index is 12.8. The van der Waals surface area contributed by atoms with E-state index in [4.69, 9.17) is 9.47 Å². The molecule has 0 radical (unpaired) electrons. The van der Waals surface area contributed by atoms with Gasteiger partial charge in [-0.3, -0.25) is 9.52 Å². The van der Waals surface area contributed by atoms with Gasteiger partial charge in [0.15, 0.2) is 0 Å². The van der Waals surface area contributed by atoms with E-state index in [0.29, 0.717) is 30.0 Å². The molecule has 0 saturated carbocycles. The predicted octanol–water partition coefficient (Wildman–Crippen LogP) is 2.39. The van der Waals surface area contributed by atoms with Crippen LogP contribution in [0.2, 0.25) is 0 Å². The summed E-state index contributed by atoms with van der Waals surface area (Å²) >= 11 is 0. The molecular weight excluding hydrogens is 344 g/mol. The number of nitrogens with one attached hydrogen (secondary N) is 2. The third kappa shape index (κ3) is 3.53. The molecule has 7 nitrogen and oxygen atoms in total. The number of rotatable bonds is 5. The molecular formula is C17H18N2O5S. The minimum Gasteiger partial charge on any atom is -0.497 e. The molecule has 0 saturated heterocycles. The normalized spacial score (nSPS) is 13.6. The van der Waals surface area contributed by atoms with Crippen LogP contribution in [0.15, 0.2) is 41.3 Å². The van der Waals surface area contributed by atoms with Gasteiger partial charge in [0.1, 0.15) is 16.4 Å². The first kappa shape index (κ1) is 17.1. The number of hydrogen-bond donors (Lipinski definition) is 2. The zero-order valence-electron chi connectivity index (χ0n) is 13.8. The zero-order valence-corrected chi connectivity index (χ0v) is 14.6. The number of fused-ring (bicyclic) bond motifs is 1. The van der Waals surface area contributed by atoms with Gasteiger partial charge in [-0.25, -0.2) is 8.42 Å². The molecule has 3 rings (SSSR count). The molecule has 0 unspecified atom stereocenters. The van der Waals surface area contributed by atoms with Gasteiger partial charge in [0.2, 0.25) is 5.91 Å². The van der Waals surface area contributed by atoms with Crippen LogP contribution < -0.4 is 19.5 Å². The van der Waals surface area contributed by atoms with Crippen molar-refractivity contribution in [2.24, 2.45) is 0 Å². The van der Waals surface area contributed by atoms with Gasteiger partial charge in [0.05, 0.1) is 14.2 Å². The van der Waals surface area contributed by atoms with Gasteiger partial charge >= 0.3 is 0 Å². The molecule has 132 valence electrons. The second-order valence-corrected chi connectivity index (χ2v) is 7.19. The highest BCUT2D eigenvalue weighted by Gasteiger charge is 2.22. The molecule has 25 heavy (non-hydrogen) atoms. The minimum absolute atomic E-state index is 0.0135. The Morgan fingerprint density at radius 3 is 2.56 bits per heavy atom. The molecule has 1 aliphatic rings. The van der Waals surface area contributed by atoms with Gasteiger partial charge in [0, 0.05) is 23.9 Å². The Labute approximate surface area is 146 Å². The maximum Gasteiger partial charge on any atom is 0.265 e. The van der Waals surface area contributed by atoms with Crippen LogP contribution in [0.3, 0.4) is 0 Å². The van der Waals surface area contributed by atoms with Crippen molar-refractivity contribution in [3.8, 4) is 11.5 Å². The van der Waals surface area contributed by atoms with Crippen LogP contribution in [0.5, 0.6) is 11.5 Å². The first-order valence-corrected chi connectivity index (χ1v) is 9.09. The summed E-state index contributed by atoms with van der Waals surface area (Å²) in [7, 11) is -1.00. The summed E-state index contributed by atoms with van der Waals surface area (Å²) in [5.41, 5.74) is 2.01. The van der Waals surface area contributed by atoms with E-state index in [1.165, 1.54) is 26.4 Å². The number of anilines is 2. The number of carbonyl (C=O) groups excluding carboxylic acids is 1. The second kappa shape index (κ2) is 6.64. The highest BCUT2D eigenvalue weighted by molar-refractivity contribution is 7.92. The van der Waals surface area contributed by atoms with Crippen molar-refractivity contribution >= 4 is 27.3 Å². The molecule has 1 heterocycles. The van der Waals surface area contributed by atoms with Crippen molar-refractivity contribution in [1.29, 1.82) is 0 Å². The first-order chi connectivity index (χ1) is 11.9. The molecule has 0 aromatic heterocycles. The first-order valence-electron chi connectivity index (χ1n) is 7.60. The maximum atomic E-state index is 12.8. The van der Waals surface area contributed by atoms with E-state index < -0.39 is 10.0 Å². The van der Waals surface area contributed by atoms with E-state index in [9.17, 15) is 13.2 Å². The van der Waals surface area contributed by atoms with Crippen LogP contribution in [0.1, 0.15) is 12.0 Å². The number of benzene rings is 2. The topological polar surface area (TPSA) is 93.7 Å². The molecule has 0 aliphatic carbocycles. The molecule has 2 aromatic carbocycles. The standard InChI is InChI=1S/C17H18N2O5S/c1-23-13-5-7-15(24-2)16(10-13)25(21,22)19-12-4-6-14-11(9-12)3-8-17(20)18-14/h4-7,9-10,19H,3,8H2,1-2H3,(H,18,20). The number of ether oxygens (including phenoxy) is 2. The smallest absolute Gasteiger partial charge is 0.265 e. The molecule has 8 heteroatoms. The molecule has 0 fully saturated rings. The molecule has 2 aromatic rings. The van der Waals surface area contributed by atoms with Crippen LogP contribution >= 0.6 is 0 Å². The van der Waals surface area contributed by atoms with E-state index in [1.807, 2.05) is 0 Å². The Bertz CT molecular complexity index is 925. The number of hydrogen-bond acceptors (Lipinski definition) is 5. The van der Waals surface area contributed by atoms with Crippen molar-refractivity contribution < 1.29 is 22.7 Å². The number of amides is 1. The monoisotopic (exact) mass is 362 g/mol. The van der Waals surface area contributed by atoms with Crippen LogP contribution in [-0.2, 0) is 21.2 Å². The number of sulfonamides is 1. The van der Waals surface area contributed by atoms with Crippen molar-refractivity contribution in [3.05, 3.63) is 42.0 Å². The number of carbonyl (C=O) groups is 1. The summed E-state index contributed by atoms with van der Waals surface area (Å²) in [6.07, 6.45) is 0.951. The van der Waals surface area contributed by atoms with Crippen molar-refractivity contribution in [2.45, 2.75) is 17.7 Å². The fourth-order valence-corrected chi connectivity index (χ4v) is 3.89. The lowest BCUT2D eigenvalue weighted by molar-refractivity contribution is -0.116. The lowest BCUT2D eigenvalue weighted by Crippen LogP contribution is -2.19. The minimum atomic E-state index is -3.87. The van der Waals surface area contributed by atoms with Gasteiger partial charge in [0.25, 0.3) is 10.0 Å². The molecule has 0 bridgehead atoms. The number of methoxy groups -OCH3 is 2. The largest absolute Gasteiger partial charge is 0.497 e. The van der Waals surface area contributed by atoms with Crippen molar-refractivity contribution in [2.75, 3.05) is 24.3 Å². The van der Waals surface area contributed by atoms with E-state index in [2.05, 4.69) is 10.0 Å². The van der Waals surface area contributed by atoms with E-state index in [0.717, 1.165) is 5.56 Å². The van der Waals surface area contributed by atoms with Crippen LogP contribution in [-0.4, -0.2) is 28.5 Å². The van der Waals surface area contributed by atoms with E-state index in [-0.39, 0.29) is 16.6 Å². The van der Waals surface area contributed by atoms with Crippen molar-refractivity contribution in [3.63, 3.8) is 0 Å². The Hall–Kier alpha value is -2.74. The van der Waals surface area contributed by atoms with Gasteiger partial charge in [-0.1, -0.05) is 0 Å². The summed E-state index contributed by atoms with van der Waals surface area (Å²) in [6, 6.07) is 9.58.